The maximum Gasteiger partial charge on any atom is 0.288 e. The second kappa shape index (κ2) is 5.87. The molecule has 1 aromatic carbocycles. The number of aromatic nitrogens is 3. The molecule has 8 heteroatoms. The minimum Gasteiger partial charge on any atom is -0.384 e. The SMILES string of the molecule is Cc1cc([N+](=O)[O-])c(Cl)cc1NCCc1ncn(C)n1. The van der Waals surface area contributed by atoms with Gasteiger partial charge in [-0.25, -0.2) is 4.98 Å². The number of nitrogens with one attached hydrogen (secondary N) is 1. The molecule has 0 amide bonds. The van der Waals surface area contributed by atoms with Crippen molar-refractivity contribution in [2.75, 3.05) is 11.9 Å². The number of nitro groups is 1. The fraction of sp³-hybridized carbons (Fsp3) is 0.333. The highest BCUT2D eigenvalue weighted by molar-refractivity contribution is 6.33. The Balaban J connectivity index is 2.03. The van der Waals surface area contributed by atoms with Gasteiger partial charge in [-0.3, -0.25) is 14.8 Å². The molecule has 0 atom stereocenters. The summed E-state index contributed by atoms with van der Waals surface area (Å²) in [7, 11) is 1.81. The van der Waals surface area contributed by atoms with Gasteiger partial charge in [0.1, 0.15) is 11.3 Å². The fourth-order valence-electron chi connectivity index (χ4n) is 1.80. The summed E-state index contributed by atoms with van der Waals surface area (Å²) in [5.74, 6) is 0.741. The minimum atomic E-state index is -0.489. The Bertz CT molecular complexity index is 641. The van der Waals surface area contributed by atoms with Crippen molar-refractivity contribution >= 4 is 23.0 Å². The number of nitrogens with zero attached hydrogens (tertiary/aromatic N) is 4. The molecule has 20 heavy (non-hydrogen) atoms. The van der Waals surface area contributed by atoms with Crippen LogP contribution in [0, 0.1) is 17.0 Å². The first kappa shape index (κ1) is 14.3. The molecule has 1 heterocycles. The summed E-state index contributed by atoms with van der Waals surface area (Å²) < 4.78 is 1.64. The third-order valence-corrected chi connectivity index (χ3v) is 3.10. The maximum atomic E-state index is 10.8. The van der Waals surface area contributed by atoms with Crippen molar-refractivity contribution in [3.8, 4) is 0 Å². The lowest BCUT2D eigenvalue weighted by Crippen LogP contribution is -2.08. The smallest absolute Gasteiger partial charge is 0.288 e. The van der Waals surface area contributed by atoms with Gasteiger partial charge in [0.2, 0.25) is 0 Å². The van der Waals surface area contributed by atoms with E-state index in [1.54, 1.807) is 24.0 Å². The standard InChI is InChI=1S/C12H14ClN5O2/c1-8-5-11(18(19)20)9(13)6-10(8)14-4-3-12-15-7-17(2)16-12/h5-7,14H,3-4H2,1-2H3. The van der Waals surface area contributed by atoms with Crippen LogP contribution < -0.4 is 5.32 Å². The van der Waals surface area contributed by atoms with E-state index in [2.05, 4.69) is 15.4 Å². The Kier molecular flexibility index (Phi) is 4.19. The number of nitro benzene ring substituents is 1. The molecule has 0 aliphatic carbocycles. The Hall–Kier alpha value is -2.15. The van der Waals surface area contributed by atoms with Crippen molar-refractivity contribution in [1.82, 2.24) is 14.8 Å². The summed E-state index contributed by atoms with van der Waals surface area (Å²) in [6.45, 7) is 2.42. The highest BCUT2D eigenvalue weighted by Crippen LogP contribution is 2.30. The van der Waals surface area contributed by atoms with Crippen LogP contribution in [0.15, 0.2) is 18.5 Å². The molecule has 106 valence electrons. The average Bonchev–Trinajstić information content (AvgIpc) is 2.78. The van der Waals surface area contributed by atoms with Gasteiger partial charge < -0.3 is 5.32 Å². The summed E-state index contributed by atoms with van der Waals surface area (Å²) in [5, 5.41) is 18.2. The number of hydrogen-bond donors (Lipinski definition) is 1. The molecule has 7 nitrogen and oxygen atoms in total. The lowest BCUT2D eigenvalue weighted by atomic mass is 10.1. The van der Waals surface area contributed by atoms with Crippen molar-refractivity contribution in [3.05, 3.63) is 45.0 Å². The quantitative estimate of drug-likeness (QED) is 0.676. The number of rotatable bonds is 5. The largest absolute Gasteiger partial charge is 0.384 e. The van der Waals surface area contributed by atoms with E-state index in [1.807, 2.05) is 7.05 Å². The topological polar surface area (TPSA) is 85.9 Å². The number of aryl methyl sites for hydroxylation is 2. The number of benzene rings is 1. The first-order valence-corrected chi connectivity index (χ1v) is 6.38. The lowest BCUT2D eigenvalue weighted by molar-refractivity contribution is -0.384. The van der Waals surface area contributed by atoms with Gasteiger partial charge in [0, 0.05) is 31.8 Å². The van der Waals surface area contributed by atoms with Crippen LogP contribution in [-0.2, 0) is 13.5 Å². The van der Waals surface area contributed by atoms with Crippen LogP contribution in [0.4, 0.5) is 11.4 Å². The van der Waals surface area contributed by atoms with Crippen LogP contribution in [0.1, 0.15) is 11.4 Å². The lowest BCUT2D eigenvalue weighted by Gasteiger charge is -2.09. The van der Waals surface area contributed by atoms with Crippen LogP contribution >= 0.6 is 11.6 Å². The summed E-state index contributed by atoms with van der Waals surface area (Å²) in [6, 6.07) is 3.03. The fourth-order valence-corrected chi connectivity index (χ4v) is 2.04. The molecule has 2 aromatic rings. The second-order valence-electron chi connectivity index (χ2n) is 4.39. The molecule has 1 aromatic heterocycles. The van der Waals surface area contributed by atoms with Crippen LogP contribution in [0.25, 0.3) is 0 Å². The van der Waals surface area contributed by atoms with Gasteiger partial charge >= 0.3 is 0 Å². The third kappa shape index (κ3) is 3.24. The Morgan fingerprint density at radius 3 is 2.85 bits per heavy atom. The van der Waals surface area contributed by atoms with Gasteiger partial charge in [0.25, 0.3) is 5.69 Å². The molecular formula is C12H14ClN5O2. The third-order valence-electron chi connectivity index (χ3n) is 2.80. The Morgan fingerprint density at radius 2 is 2.25 bits per heavy atom. The Morgan fingerprint density at radius 1 is 1.50 bits per heavy atom. The summed E-state index contributed by atoms with van der Waals surface area (Å²) in [5.41, 5.74) is 1.47. The molecule has 1 N–H and O–H groups in total. The van der Waals surface area contributed by atoms with E-state index in [4.69, 9.17) is 11.6 Å². The molecule has 0 fully saturated rings. The predicted octanol–water partition coefficient (Wildman–Crippen LogP) is 2.34. The van der Waals surface area contributed by atoms with E-state index < -0.39 is 4.92 Å². The van der Waals surface area contributed by atoms with Crippen LogP contribution in [0.3, 0.4) is 0 Å². The van der Waals surface area contributed by atoms with E-state index >= 15 is 0 Å². The van der Waals surface area contributed by atoms with Gasteiger partial charge in [-0.1, -0.05) is 11.6 Å². The number of hydrogen-bond acceptors (Lipinski definition) is 5. The molecule has 0 spiro atoms. The Labute approximate surface area is 120 Å². The normalized spacial score (nSPS) is 10.6. The van der Waals surface area contributed by atoms with Crippen molar-refractivity contribution in [1.29, 1.82) is 0 Å². The van der Waals surface area contributed by atoms with Crippen LogP contribution in [-0.4, -0.2) is 26.2 Å². The van der Waals surface area contributed by atoms with Gasteiger partial charge in [-0.15, -0.1) is 0 Å². The van der Waals surface area contributed by atoms with Crippen LogP contribution in [0.2, 0.25) is 5.02 Å². The zero-order valence-electron chi connectivity index (χ0n) is 11.1. The molecular weight excluding hydrogens is 282 g/mol. The first-order valence-electron chi connectivity index (χ1n) is 6.00. The maximum absolute atomic E-state index is 10.8. The first-order chi connectivity index (χ1) is 9.47. The van der Waals surface area contributed by atoms with E-state index in [-0.39, 0.29) is 10.7 Å². The molecule has 0 aliphatic rings. The van der Waals surface area contributed by atoms with E-state index in [1.165, 1.54) is 6.07 Å². The molecule has 0 saturated carbocycles. The number of halogens is 1. The average molecular weight is 296 g/mol. The molecule has 0 unspecified atom stereocenters. The molecule has 0 radical (unpaired) electrons. The van der Waals surface area contributed by atoms with Crippen molar-refractivity contribution < 1.29 is 4.92 Å². The van der Waals surface area contributed by atoms with Gasteiger partial charge in [0.05, 0.1) is 4.92 Å². The van der Waals surface area contributed by atoms with Gasteiger partial charge in [-0.2, -0.15) is 5.10 Å². The minimum absolute atomic E-state index is 0.0823. The van der Waals surface area contributed by atoms with Crippen molar-refractivity contribution in [3.63, 3.8) is 0 Å². The molecule has 0 saturated heterocycles. The van der Waals surface area contributed by atoms with E-state index in [0.29, 0.717) is 13.0 Å². The van der Waals surface area contributed by atoms with Gasteiger partial charge in [0.15, 0.2) is 5.82 Å². The number of anilines is 1. The summed E-state index contributed by atoms with van der Waals surface area (Å²) >= 11 is 5.89. The zero-order chi connectivity index (χ0) is 14.7. The monoisotopic (exact) mass is 295 g/mol. The zero-order valence-corrected chi connectivity index (χ0v) is 11.9. The predicted molar refractivity (Wildman–Crippen MR) is 76.0 cm³/mol. The van der Waals surface area contributed by atoms with Crippen molar-refractivity contribution in [2.45, 2.75) is 13.3 Å². The highest BCUT2D eigenvalue weighted by atomic mass is 35.5. The molecule has 0 bridgehead atoms. The van der Waals surface area contributed by atoms with Crippen molar-refractivity contribution in [2.24, 2.45) is 7.05 Å². The summed E-state index contributed by atoms with van der Waals surface area (Å²) in [6.07, 6.45) is 2.30. The van der Waals surface area contributed by atoms with Crippen LogP contribution in [0.5, 0.6) is 0 Å². The van der Waals surface area contributed by atoms with E-state index in [9.17, 15) is 10.1 Å². The summed E-state index contributed by atoms with van der Waals surface area (Å²) in [4.78, 5) is 14.4. The van der Waals surface area contributed by atoms with E-state index in [0.717, 1.165) is 17.1 Å². The molecule has 0 aliphatic heterocycles. The second-order valence-corrected chi connectivity index (χ2v) is 4.79. The molecule has 2 rings (SSSR count). The highest BCUT2D eigenvalue weighted by Gasteiger charge is 2.14. The van der Waals surface area contributed by atoms with Gasteiger partial charge in [-0.05, 0) is 18.6 Å².